The van der Waals surface area contributed by atoms with Crippen molar-refractivity contribution < 1.29 is 5.11 Å². The van der Waals surface area contributed by atoms with Gasteiger partial charge in [0.1, 0.15) is 5.82 Å². The minimum Gasteiger partial charge on any atom is -0.389 e. The summed E-state index contributed by atoms with van der Waals surface area (Å²) in [6.45, 7) is 6.36. The molecule has 1 N–H and O–H groups in total. The zero-order chi connectivity index (χ0) is 11.5. The topological polar surface area (TPSA) is 36.4 Å². The van der Waals surface area contributed by atoms with Crippen LogP contribution in [0, 0.1) is 0 Å². The number of nitrogens with zero attached hydrogens (tertiary/aromatic N) is 2. The van der Waals surface area contributed by atoms with Gasteiger partial charge < -0.3 is 10.0 Å². The van der Waals surface area contributed by atoms with Crippen LogP contribution in [-0.4, -0.2) is 22.7 Å². The van der Waals surface area contributed by atoms with Gasteiger partial charge in [0, 0.05) is 18.8 Å². The second-order valence-corrected chi connectivity index (χ2v) is 4.30. The lowest BCUT2D eigenvalue weighted by Crippen LogP contribution is -2.26. The monoisotopic (exact) mass is 218 g/mol. The van der Waals surface area contributed by atoms with Crippen LogP contribution in [0.2, 0.25) is 0 Å². The SMILES string of the molecule is C=CCN(c1ccc([C@H](C)O)cn1)C1CC1. The van der Waals surface area contributed by atoms with E-state index < -0.39 is 6.10 Å². The standard InChI is InChI=1S/C13H18N2O/c1-3-8-15(12-5-6-12)13-7-4-11(9-14-13)10(2)16/h3-4,7,9-10,12,16H,1,5-6,8H2,2H3/t10-/m0/s1. The van der Waals surface area contributed by atoms with Gasteiger partial charge in [-0.25, -0.2) is 4.98 Å². The first-order valence-corrected chi connectivity index (χ1v) is 5.74. The van der Waals surface area contributed by atoms with Crippen LogP contribution in [0.3, 0.4) is 0 Å². The molecule has 0 bridgehead atoms. The Bertz CT molecular complexity index is 355. The van der Waals surface area contributed by atoms with Gasteiger partial charge in [0.05, 0.1) is 6.10 Å². The largest absolute Gasteiger partial charge is 0.389 e. The Balaban J connectivity index is 2.14. The molecule has 16 heavy (non-hydrogen) atoms. The number of rotatable bonds is 5. The fourth-order valence-electron chi connectivity index (χ4n) is 1.77. The molecule has 0 saturated heterocycles. The fourth-order valence-corrected chi connectivity index (χ4v) is 1.77. The smallest absolute Gasteiger partial charge is 0.129 e. The van der Waals surface area contributed by atoms with Gasteiger partial charge >= 0.3 is 0 Å². The van der Waals surface area contributed by atoms with Gasteiger partial charge in [-0.1, -0.05) is 12.1 Å². The molecule has 1 aliphatic rings. The van der Waals surface area contributed by atoms with Gasteiger partial charge in [-0.15, -0.1) is 6.58 Å². The Morgan fingerprint density at radius 1 is 1.62 bits per heavy atom. The van der Waals surface area contributed by atoms with E-state index in [1.165, 1.54) is 12.8 Å². The molecule has 1 aromatic rings. The molecule has 1 aliphatic carbocycles. The highest BCUT2D eigenvalue weighted by molar-refractivity contribution is 5.43. The summed E-state index contributed by atoms with van der Waals surface area (Å²) >= 11 is 0. The van der Waals surface area contributed by atoms with Crippen LogP contribution in [0.5, 0.6) is 0 Å². The molecule has 2 rings (SSSR count). The molecule has 0 spiro atoms. The molecule has 1 heterocycles. The van der Waals surface area contributed by atoms with E-state index in [9.17, 15) is 5.11 Å². The minimum atomic E-state index is -0.449. The number of aromatic nitrogens is 1. The van der Waals surface area contributed by atoms with E-state index >= 15 is 0 Å². The van der Waals surface area contributed by atoms with Crippen molar-refractivity contribution in [1.82, 2.24) is 4.98 Å². The van der Waals surface area contributed by atoms with Crippen molar-refractivity contribution in [1.29, 1.82) is 0 Å². The zero-order valence-corrected chi connectivity index (χ0v) is 9.63. The zero-order valence-electron chi connectivity index (χ0n) is 9.63. The maximum atomic E-state index is 9.41. The molecule has 1 saturated carbocycles. The number of hydrogen-bond acceptors (Lipinski definition) is 3. The summed E-state index contributed by atoms with van der Waals surface area (Å²) in [7, 11) is 0. The first-order chi connectivity index (χ1) is 7.72. The predicted octanol–water partition coefficient (Wildman–Crippen LogP) is 2.29. The highest BCUT2D eigenvalue weighted by Gasteiger charge is 2.29. The Morgan fingerprint density at radius 3 is 2.81 bits per heavy atom. The third-order valence-corrected chi connectivity index (χ3v) is 2.86. The van der Waals surface area contributed by atoms with Crippen LogP contribution in [0.15, 0.2) is 31.0 Å². The molecule has 0 aromatic carbocycles. The Labute approximate surface area is 96.4 Å². The van der Waals surface area contributed by atoms with Crippen molar-refractivity contribution in [3.05, 3.63) is 36.5 Å². The molecule has 86 valence electrons. The summed E-state index contributed by atoms with van der Waals surface area (Å²) in [5.41, 5.74) is 0.859. The van der Waals surface area contributed by atoms with Crippen molar-refractivity contribution in [3.63, 3.8) is 0 Å². The van der Waals surface area contributed by atoms with Gasteiger partial charge in [0.25, 0.3) is 0 Å². The predicted molar refractivity (Wildman–Crippen MR) is 65.4 cm³/mol. The van der Waals surface area contributed by atoms with Gasteiger partial charge in [-0.2, -0.15) is 0 Å². The van der Waals surface area contributed by atoms with Crippen molar-refractivity contribution >= 4 is 5.82 Å². The first kappa shape index (κ1) is 11.1. The van der Waals surface area contributed by atoms with E-state index in [0.717, 1.165) is 17.9 Å². The molecule has 0 unspecified atom stereocenters. The van der Waals surface area contributed by atoms with E-state index in [4.69, 9.17) is 0 Å². The lowest BCUT2D eigenvalue weighted by atomic mass is 10.2. The van der Waals surface area contributed by atoms with E-state index in [1.54, 1.807) is 13.1 Å². The molecule has 0 radical (unpaired) electrons. The van der Waals surface area contributed by atoms with Crippen LogP contribution >= 0.6 is 0 Å². The van der Waals surface area contributed by atoms with E-state index in [0.29, 0.717) is 6.04 Å². The summed E-state index contributed by atoms with van der Waals surface area (Å²) in [5, 5.41) is 9.41. The van der Waals surface area contributed by atoms with Crippen molar-refractivity contribution in [2.75, 3.05) is 11.4 Å². The van der Waals surface area contributed by atoms with Gasteiger partial charge in [-0.3, -0.25) is 0 Å². The molecule has 3 nitrogen and oxygen atoms in total. The van der Waals surface area contributed by atoms with Gasteiger partial charge in [0.15, 0.2) is 0 Å². The second-order valence-electron chi connectivity index (χ2n) is 4.30. The summed E-state index contributed by atoms with van der Waals surface area (Å²) in [5.74, 6) is 0.979. The third-order valence-electron chi connectivity index (χ3n) is 2.86. The Morgan fingerprint density at radius 2 is 2.38 bits per heavy atom. The van der Waals surface area contributed by atoms with Crippen LogP contribution < -0.4 is 4.90 Å². The maximum Gasteiger partial charge on any atom is 0.129 e. The number of aliphatic hydroxyl groups is 1. The molecule has 3 heteroatoms. The third kappa shape index (κ3) is 2.42. The number of anilines is 1. The van der Waals surface area contributed by atoms with E-state index in [2.05, 4.69) is 16.5 Å². The molecule has 0 aliphatic heterocycles. The van der Waals surface area contributed by atoms with Crippen molar-refractivity contribution in [2.45, 2.75) is 31.9 Å². The number of hydrogen-bond donors (Lipinski definition) is 1. The van der Waals surface area contributed by atoms with Crippen molar-refractivity contribution in [2.24, 2.45) is 0 Å². The first-order valence-electron chi connectivity index (χ1n) is 5.74. The second kappa shape index (κ2) is 4.66. The Kier molecular flexibility index (Phi) is 3.25. The Hall–Kier alpha value is -1.35. The molecular formula is C13H18N2O. The van der Waals surface area contributed by atoms with Crippen LogP contribution in [0.1, 0.15) is 31.4 Å². The summed E-state index contributed by atoms with van der Waals surface area (Å²) in [6.07, 6.45) is 5.69. The summed E-state index contributed by atoms with van der Waals surface area (Å²) in [6, 6.07) is 4.54. The highest BCUT2D eigenvalue weighted by Crippen LogP contribution is 2.30. The molecule has 1 aromatic heterocycles. The van der Waals surface area contributed by atoms with E-state index in [-0.39, 0.29) is 0 Å². The summed E-state index contributed by atoms with van der Waals surface area (Å²) < 4.78 is 0. The average molecular weight is 218 g/mol. The summed E-state index contributed by atoms with van der Waals surface area (Å²) in [4.78, 5) is 6.66. The van der Waals surface area contributed by atoms with Gasteiger partial charge in [-0.05, 0) is 31.4 Å². The molecular weight excluding hydrogens is 200 g/mol. The normalized spacial score (nSPS) is 16.9. The quantitative estimate of drug-likeness (QED) is 0.770. The molecule has 0 amide bonds. The van der Waals surface area contributed by atoms with Crippen LogP contribution in [0.25, 0.3) is 0 Å². The average Bonchev–Trinajstić information content (AvgIpc) is 3.10. The van der Waals surface area contributed by atoms with Crippen LogP contribution in [-0.2, 0) is 0 Å². The lowest BCUT2D eigenvalue weighted by Gasteiger charge is -2.22. The minimum absolute atomic E-state index is 0.449. The molecule has 1 atom stereocenters. The maximum absolute atomic E-state index is 9.41. The number of aliphatic hydroxyl groups excluding tert-OH is 1. The van der Waals surface area contributed by atoms with E-state index in [1.807, 2.05) is 18.2 Å². The molecule has 1 fully saturated rings. The van der Waals surface area contributed by atoms with Gasteiger partial charge in [0.2, 0.25) is 0 Å². The number of pyridine rings is 1. The fraction of sp³-hybridized carbons (Fsp3) is 0.462. The highest BCUT2D eigenvalue weighted by atomic mass is 16.3. The van der Waals surface area contributed by atoms with Crippen molar-refractivity contribution in [3.8, 4) is 0 Å². The van der Waals surface area contributed by atoms with Crippen LogP contribution in [0.4, 0.5) is 5.82 Å². The lowest BCUT2D eigenvalue weighted by molar-refractivity contribution is 0.199.